The van der Waals surface area contributed by atoms with Gasteiger partial charge in [-0.3, -0.25) is 19.7 Å². The number of carbonyl (C=O) groups is 2. The number of carbonyl (C=O) groups excluding carboxylic acids is 2. The summed E-state index contributed by atoms with van der Waals surface area (Å²) in [6.45, 7) is 1.50. The van der Waals surface area contributed by atoms with E-state index in [1.54, 1.807) is 12.4 Å². The molecule has 1 aliphatic carbocycles. The van der Waals surface area contributed by atoms with Crippen LogP contribution in [0.4, 0.5) is 5.82 Å². The number of aliphatic hydroxyl groups is 1. The number of aromatic nitrogens is 7. The Hall–Kier alpha value is -4.19. The maximum absolute atomic E-state index is 13.1. The van der Waals surface area contributed by atoms with Crippen molar-refractivity contribution in [1.82, 2.24) is 39.7 Å². The summed E-state index contributed by atoms with van der Waals surface area (Å²) in [6.07, 6.45) is 10.3. The highest BCUT2D eigenvalue weighted by molar-refractivity contribution is 6.00. The molecule has 0 aromatic carbocycles. The molecule has 39 heavy (non-hydrogen) atoms. The molecule has 1 amide bonds. The van der Waals surface area contributed by atoms with Crippen LogP contribution in [0.25, 0.3) is 16.8 Å². The van der Waals surface area contributed by atoms with Crippen LogP contribution < -0.4 is 5.73 Å². The van der Waals surface area contributed by atoms with Crippen LogP contribution >= 0.6 is 0 Å². The quantitative estimate of drug-likeness (QED) is 0.330. The normalized spacial score (nSPS) is 23.6. The molecule has 2 aliphatic heterocycles. The van der Waals surface area contributed by atoms with Crippen molar-refractivity contribution in [3.8, 4) is 11.1 Å². The number of nitrogens with one attached hydrogen (secondary N) is 1. The highest BCUT2D eigenvalue weighted by Crippen LogP contribution is 2.45. The Kier molecular flexibility index (Phi) is 5.31. The van der Waals surface area contributed by atoms with E-state index in [2.05, 4.69) is 25.3 Å². The first-order valence-corrected chi connectivity index (χ1v) is 13.4. The monoisotopic (exact) mass is 527 g/mol. The highest BCUT2D eigenvalue weighted by Gasteiger charge is 2.46. The number of piperidine rings is 1. The molecule has 1 unspecified atom stereocenters. The minimum absolute atomic E-state index is 0.0174. The van der Waals surface area contributed by atoms with Gasteiger partial charge in [-0.1, -0.05) is 6.07 Å². The molecule has 6 heterocycles. The summed E-state index contributed by atoms with van der Waals surface area (Å²) in [4.78, 5) is 41.5. The molecule has 12 nitrogen and oxygen atoms in total. The van der Waals surface area contributed by atoms with E-state index in [-0.39, 0.29) is 41.3 Å². The Labute approximate surface area is 223 Å². The van der Waals surface area contributed by atoms with Gasteiger partial charge < -0.3 is 15.7 Å². The van der Waals surface area contributed by atoms with Gasteiger partial charge in [-0.2, -0.15) is 14.7 Å². The number of ketones is 1. The number of hydrogen-bond acceptors (Lipinski definition) is 9. The lowest BCUT2D eigenvalue weighted by molar-refractivity contribution is -0.0426. The molecule has 2 saturated heterocycles. The number of hydrogen-bond donors (Lipinski definition) is 3. The Balaban J connectivity index is 1.26. The number of Topliss-reactive ketones (excluding diaryl/α,β-unsaturated/α-hetero) is 1. The van der Waals surface area contributed by atoms with Crippen LogP contribution in [0.1, 0.15) is 90.2 Å². The van der Waals surface area contributed by atoms with Gasteiger partial charge in [0.15, 0.2) is 11.4 Å². The largest absolute Gasteiger partial charge is 0.384 e. The van der Waals surface area contributed by atoms with Crippen molar-refractivity contribution in [2.24, 2.45) is 0 Å². The number of H-pyrrole nitrogens is 1. The first kappa shape index (κ1) is 23.9. The molecule has 3 aliphatic rings. The standard InChI is InChI=1S/C27H29N9O3/c1-14(37)21-22(16-9-17-4-5-18(10-16)35(17)26(38)24-30-13-31-34-24)33-25-19(12-32-36(25)23(21)28)15-3-6-20(29-11-15)27(39)7-2-8-27/h3,6,11-13,16-18,39H,2,4-5,7-10,28H2,1H3,(H,30,31,34)/t16?,17-,18+. The molecule has 7 rings (SSSR count). The van der Waals surface area contributed by atoms with Crippen molar-refractivity contribution < 1.29 is 14.7 Å². The maximum Gasteiger partial charge on any atom is 0.291 e. The van der Waals surface area contributed by atoms with Crippen molar-refractivity contribution in [3.05, 3.63) is 53.6 Å². The van der Waals surface area contributed by atoms with E-state index in [1.165, 1.54) is 17.8 Å². The van der Waals surface area contributed by atoms with E-state index < -0.39 is 5.60 Å². The number of rotatable bonds is 5. The molecule has 4 aromatic heterocycles. The lowest BCUT2D eigenvalue weighted by Crippen LogP contribution is -2.46. The van der Waals surface area contributed by atoms with E-state index in [9.17, 15) is 14.7 Å². The molecule has 1 saturated carbocycles. The predicted octanol–water partition coefficient (Wildman–Crippen LogP) is 2.62. The van der Waals surface area contributed by atoms with Gasteiger partial charge in [0.2, 0.25) is 5.82 Å². The van der Waals surface area contributed by atoms with E-state index in [0.717, 1.165) is 43.2 Å². The average Bonchev–Trinajstić information content (AvgIpc) is 3.65. The summed E-state index contributed by atoms with van der Waals surface area (Å²) < 4.78 is 1.51. The minimum Gasteiger partial charge on any atom is -0.384 e. The average molecular weight is 528 g/mol. The summed E-state index contributed by atoms with van der Waals surface area (Å²) >= 11 is 0. The summed E-state index contributed by atoms with van der Waals surface area (Å²) in [7, 11) is 0. The number of aromatic amines is 1. The first-order chi connectivity index (χ1) is 18.8. The van der Waals surface area contributed by atoms with Gasteiger partial charge in [0.1, 0.15) is 17.7 Å². The van der Waals surface area contributed by atoms with Crippen LogP contribution in [0.2, 0.25) is 0 Å². The zero-order valence-electron chi connectivity index (χ0n) is 21.5. The Morgan fingerprint density at radius 1 is 1.13 bits per heavy atom. The lowest BCUT2D eigenvalue weighted by atomic mass is 9.77. The van der Waals surface area contributed by atoms with E-state index >= 15 is 0 Å². The van der Waals surface area contributed by atoms with Crippen molar-refractivity contribution in [2.45, 2.75) is 75.5 Å². The van der Waals surface area contributed by atoms with Gasteiger partial charge >= 0.3 is 0 Å². The van der Waals surface area contributed by atoms with Crippen LogP contribution in [0.3, 0.4) is 0 Å². The third-order valence-electron chi connectivity index (χ3n) is 8.77. The van der Waals surface area contributed by atoms with Crippen molar-refractivity contribution in [1.29, 1.82) is 0 Å². The van der Waals surface area contributed by atoms with Crippen molar-refractivity contribution >= 4 is 23.2 Å². The number of nitrogens with zero attached hydrogens (tertiary/aromatic N) is 7. The fourth-order valence-electron chi connectivity index (χ4n) is 6.65. The fraction of sp³-hybridized carbons (Fsp3) is 0.444. The SMILES string of the molecule is CC(=O)c1c(C2C[C@H]3CC[C@@H](C2)N3C(=O)c2ncn[nH]2)nc2c(-c3ccc(C4(O)CCC4)nc3)cnn2c1N. The molecule has 4 N–H and O–H groups in total. The predicted molar refractivity (Wildman–Crippen MR) is 140 cm³/mol. The van der Waals surface area contributed by atoms with Gasteiger partial charge in [0.25, 0.3) is 5.91 Å². The number of anilines is 1. The smallest absolute Gasteiger partial charge is 0.291 e. The highest BCUT2D eigenvalue weighted by atomic mass is 16.3. The van der Waals surface area contributed by atoms with Crippen LogP contribution in [0.15, 0.2) is 30.9 Å². The molecule has 200 valence electrons. The second kappa shape index (κ2) is 8.67. The maximum atomic E-state index is 13.1. The molecule has 0 spiro atoms. The molecule has 12 heteroatoms. The zero-order valence-corrected chi connectivity index (χ0v) is 21.5. The summed E-state index contributed by atoms with van der Waals surface area (Å²) in [6, 6.07) is 3.80. The van der Waals surface area contributed by atoms with E-state index in [1.807, 2.05) is 17.0 Å². The van der Waals surface area contributed by atoms with Crippen LogP contribution in [-0.4, -0.2) is 68.5 Å². The summed E-state index contributed by atoms with van der Waals surface area (Å²) in [5.74, 6) is 0.153. The van der Waals surface area contributed by atoms with E-state index in [4.69, 9.17) is 10.7 Å². The third kappa shape index (κ3) is 3.65. The summed E-state index contributed by atoms with van der Waals surface area (Å²) in [5.41, 5.74) is 9.54. The van der Waals surface area contributed by atoms with Crippen LogP contribution in [-0.2, 0) is 5.60 Å². The Bertz CT molecular complexity index is 1580. The number of amides is 1. The molecule has 3 fully saturated rings. The van der Waals surface area contributed by atoms with Gasteiger partial charge in [0, 0.05) is 35.3 Å². The second-order valence-corrected chi connectivity index (χ2v) is 11.0. The number of nitrogens with two attached hydrogens (primary N) is 1. The Morgan fingerprint density at radius 3 is 2.49 bits per heavy atom. The van der Waals surface area contributed by atoms with Gasteiger partial charge in [-0.25, -0.2) is 9.97 Å². The Morgan fingerprint density at radius 2 is 1.90 bits per heavy atom. The van der Waals surface area contributed by atoms with Crippen LogP contribution in [0, 0.1) is 0 Å². The minimum atomic E-state index is -0.838. The number of pyridine rings is 1. The second-order valence-electron chi connectivity index (χ2n) is 11.0. The van der Waals surface area contributed by atoms with Gasteiger partial charge in [-0.15, -0.1) is 0 Å². The van der Waals surface area contributed by atoms with Crippen molar-refractivity contribution in [3.63, 3.8) is 0 Å². The molecular weight excluding hydrogens is 498 g/mol. The zero-order chi connectivity index (χ0) is 26.9. The first-order valence-electron chi connectivity index (χ1n) is 13.4. The van der Waals surface area contributed by atoms with Gasteiger partial charge in [0.05, 0.1) is 23.1 Å². The fourth-order valence-corrected chi connectivity index (χ4v) is 6.65. The number of nitrogen functional groups attached to an aromatic ring is 1. The molecule has 2 bridgehead atoms. The molecule has 4 aromatic rings. The van der Waals surface area contributed by atoms with Crippen LogP contribution in [0.5, 0.6) is 0 Å². The number of fused-ring (bicyclic) bond motifs is 3. The van der Waals surface area contributed by atoms with Crippen molar-refractivity contribution in [2.75, 3.05) is 5.73 Å². The topological polar surface area (TPSA) is 168 Å². The van der Waals surface area contributed by atoms with Gasteiger partial charge in [-0.05, 0) is 57.9 Å². The van der Waals surface area contributed by atoms with E-state index in [0.29, 0.717) is 35.4 Å². The molecule has 0 radical (unpaired) electrons. The lowest BCUT2D eigenvalue weighted by Gasteiger charge is -2.38. The molecular formula is C27H29N9O3. The summed E-state index contributed by atoms with van der Waals surface area (Å²) in [5, 5.41) is 21.6. The third-order valence-corrected chi connectivity index (χ3v) is 8.77. The molecule has 3 atom stereocenters.